The number of benzene rings is 3. The number of para-hydroxylation sites is 2. The molecule has 142 valence electrons. The van der Waals surface area contributed by atoms with E-state index in [2.05, 4.69) is 0 Å². The Labute approximate surface area is 163 Å². The Morgan fingerprint density at radius 3 is 1.68 bits per heavy atom. The van der Waals surface area contributed by atoms with E-state index < -0.39 is 17.5 Å². The second-order valence-corrected chi connectivity index (χ2v) is 6.45. The number of carbonyl (C=O) groups is 2. The van der Waals surface area contributed by atoms with Crippen LogP contribution in [0.1, 0.15) is 12.5 Å². The first-order chi connectivity index (χ1) is 13.5. The first-order valence-corrected chi connectivity index (χ1v) is 8.88. The molecular weight excluding hydrogens is 354 g/mol. The predicted molar refractivity (Wildman–Crippen MR) is 107 cm³/mol. The Bertz CT molecular complexity index is 889. The van der Waals surface area contributed by atoms with Gasteiger partial charge in [0.05, 0.1) is 0 Å². The van der Waals surface area contributed by atoms with Crippen molar-refractivity contribution in [1.82, 2.24) is 0 Å². The third-order valence-electron chi connectivity index (χ3n) is 4.50. The van der Waals surface area contributed by atoms with E-state index >= 15 is 0 Å². The Kier molecular flexibility index (Phi) is 5.75. The maximum atomic E-state index is 13.0. The maximum Gasteiger partial charge on any atom is 0.344 e. The van der Waals surface area contributed by atoms with Gasteiger partial charge in [-0.05, 0) is 36.8 Å². The molecule has 0 heterocycles. The van der Waals surface area contributed by atoms with E-state index in [-0.39, 0.29) is 6.61 Å². The van der Waals surface area contributed by atoms with E-state index in [1.807, 2.05) is 42.5 Å². The number of carboxylic acids is 1. The SMILES string of the molecule is CC(C(=O)O)(C(=O)OCc1ccccc1)N(c1ccccc1)c1ccccc1. The molecule has 0 fully saturated rings. The van der Waals surface area contributed by atoms with Gasteiger partial charge in [-0.15, -0.1) is 0 Å². The smallest absolute Gasteiger partial charge is 0.344 e. The minimum Gasteiger partial charge on any atom is -0.479 e. The first-order valence-electron chi connectivity index (χ1n) is 8.88. The standard InChI is InChI=1S/C23H21NO4/c1-23(21(25)26,22(27)28-17-18-11-5-2-6-12-18)24(19-13-7-3-8-14-19)20-15-9-4-10-16-20/h2-16H,17H2,1H3,(H,25,26). The van der Waals surface area contributed by atoms with Crippen molar-refractivity contribution in [2.24, 2.45) is 0 Å². The molecule has 3 rings (SSSR count). The van der Waals surface area contributed by atoms with Crippen molar-refractivity contribution >= 4 is 23.3 Å². The molecule has 3 aromatic carbocycles. The Morgan fingerprint density at radius 1 is 0.821 bits per heavy atom. The maximum absolute atomic E-state index is 13.0. The zero-order valence-corrected chi connectivity index (χ0v) is 15.5. The van der Waals surface area contributed by atoms with Gasteiger partial charge < -0.3 is 14.7 Å². The summed E-state index contributed by atoms with van der Waals surface area (Å²) in [5.74, 6) is -2.13. The number of rotatable bonds is 7. The normalized spacial score (nSPS) is 12.6. The highest BCUT2D eigenvalue weighted by Gasteiger charge is 2.49. The summed E-state index contributed by atoms with van der Waals surface area (Å²) in [4.78, 5) is 26.8. The highest BCUT2D eigenvalue weighted by molar-refractivity contribution is 6.09. The van der Waals surface area contributed by atoms with Crippen LogP contribution in [-0.4, -0.2) is 22.6 Å². The van der Waals surface area contributed by atoms with Crippen molar-refractivity contribution < 1.29 is 19.4 Å². The second-order valence-electron chi connectivity index (χ2n) is 6.45. The third-order valence-corrected chi connectivity index (χ3v) is 4.50. The zero-order chi connectivity index (χ0) is 20.0. The monoisotopic (exact) mass is 375 g/mol. The summed E-state index contributed by atoms with van der Waals surface area (Å²) in [5, 5.41) is 10.1. The Morgan fingerprint density at radius 2 is 1.25 bits per heavy atom. The van der Waals surface area contributed by atoms with E-state index in [0.29, 0.717) is 11.4 Å². The van der Waals surface area contributed by atoms with E-state index in [9.17, 15) is 14.7 Å². The molecule has 5 nitrogen and oxygen atoms in total. The molecule has 0 amide bonds. The van der Waals surface area contributed by atoms with Crippen molar-refractivity contribution in [3.8, 4) is 0 Å². The van der Waals surface area contributed by atoms with Crippen LogP contribution in [0.4, 0.5) is 11.4 Å². The molecule has 3 aromatic rings. The molecular formula is C23H21NO4. The van der Waals surface area contributed by atoms with Gasteiger partial charge in [0.1, 0.15) is 6.61 Å². The summed E-state index contributed by atoms with van der Waals surface area (Å²) < 4.78 is 5.42. The van der Waals surface area contributed by atoms with Crippen LogP contribution in [0.2, 0.25) is 0 Å². The number of hydrogen-bond acceptors (Lipinski definition) is 4. The Balaban J connectivity index is 2.00. The largest absolute Gasteiger partial charge is 0.479 e. The number of aliphatic carboxylic acids is 1. The van der Waals surface area contributed by atoms with Gasteiger partial charge in [0, 0.05) is 11.4 Å². The van der Waals surface area contributed by atoms with Crippen LogP contribution in [-0.2, 0) is 20.9 Å². The van der Waals surface area contributed by atoms with Crippen LogP contribution >= 0.6 is 0 Å². The Hall–Kier alpha value is -3.60. The summed E-state index contributed by atoms with van der Waals surface area (Å²) in [6.45, 7) is 1.36. The van der Waals surface area contributed by atoms with E-state index in [0.717, 1.165) is 5.56 Å². The van der Waals surface area contributed by atoms with Crippen LogP contribution in [0.5, 0.6) is 0 Å². The van der Waals surface area contributed by atoms with Gasteiger partial charge in [-0.2, -0.15) is 0 Å². The molecule has 0 spiro atoms. The van der Waals surface area contributed by atoms with Crippen LogP contribution in [0.3, 0.4) is 0 Å². The fourth-order valence-corrected chi connectivity index (χ4v) is 2.96. The molecule has 1 atom stereocenters. The minimum absolute atomic E-state index is 0.0000370. The molecule has 1 unspecified atom stereocenters. The second kappa shape index (κ2) is 8.39. The summed E-state index contributed by atoms with van der Waals surface area (Å²) in [7, 11) is 0. The quantitative estimate of drug-likeness (QED) is 0.489. The van der Waals surface area contributed by atoms with E-state index in [1.54, 1.807) is 48.5 Å². The molecule has 0 saturated carbocycles. The van der Waals surface area contributed by atoms with Gasteiger partial charge >= 0.3 is 11.9 Å². The van der Waals surface area contributed by atoms with Crippen molar-refractivity contribution in [3.05, 3.63) is 96.6 Å². The lowest BCUT2D eigenvalue weighted by molar-refractivity contribution is -0.160. The molecule has 5 heteroatoms. The van der Waals surface area contributed by atoms with Crippen molar-refractivity contribution in [2.45, 2.75) is 19.1 Å². The lowest BCUT2D eigenvalue weighted by Gasteiger charge is -2.37. The average molecular weight is 375 g/mol. The summed E-state index contributed by atoms with van der Waals surface area (Å²) in [5.41, 5.74) is -0.00242. The topological polar surface area (TPSA) is 66.8 Å². The molecule has 0 aromatic heterocycles. The molecule has 0 radical (unpaired) electrons. The average Bonchev–Trinajstić information content (AvgIpc) is 2.74. The highest BCUT2D eigenvalue weighted by atomic mass is 16.5. The molecule has 28 heavy (non-hydrogen) atoms. The van der Waals surface area contributed by atoms with Gasteiger partial charge in [-0.1, -0.05) is 66.7 Å². The summed E-state index contributed by atoms with van der Waals surface area (Å²) >= 11 is 0. The van der Waals surface area contributed by atoms with Gasteiger partial charge in [0.15, 0.2) is 0 Å². The molecule has 0 aliphatic heterocycles. The zero-order valence-electron chi connectivity index (χ0n) is 15.5. The minimum atomic E-state index is -1.95. The highest BCUT2D eigenvalue weighted by Crippen LogP contribution is 2.34. The molecule has 1 N–H and O–H groups in total. The predicted octanol–water partition coefficient (Wildman–Crippen LogP) is 4.41. The number of nitrogens with zero attached hydrogens (tertiary/aromatic N) is 1. The number of esters is 1. The van der Waals surface area contributed by atoms with Gasteiger partial charge in [0.2, 0.25) is 5.54 Å². The van der Waals surface area contributed by atoms with E-state index in [4.69, 9.17) is 4.74 Å². The fourth-order valence-electron chi connectivity index (χ4n) is 2.96. The fraction of sp³-hybridized carbons (Fsp3) is 0.130. The van der Waals surface area contributed by atoms with Crippen molar-refractivity contribution in [1.29, 1.82) is 0 Å². The lowest BCUT2D eigenvalue weighted by Crippen LogP contribution is -2.57. The van der Waals surface area contributed by atoms with Crippen LogP contribution in [0, 0.1) is 0 Å². The molecule has 0 aliphatic carbocycles. The number of carbonyl (C=O) groups excluding carboxylic acids is 1. The number of ether oxygens (including phenoxy) is 1. The van der Waals surface area contributed by atoms with Crippen molar-refractivity contribution in [2.75, 3.05) is 4.90 Å². The number of carboxylic acid groups (broad SMARTS) is 1. The molecule has 0 bridgehead atoms. The van der Waals surface area contributed by atoms with E-state index in [1.165, 1.54) is 11.8 Å². The van der Waals surface area contributed by atoms with Crippen LogP contribution in [0.15, 0.2) is 91.0 Å². The molecule has 0 saturated heterocycles. The van der Waals surface area contributed by atoms with Gasteiger partial charge in [-0.3, -0.25) is 0 Å². The number of hydrogen-bond donors (Lipinski definition) is 1. The first kappa shape index (κ1) is 19.2. The lowest BCUT2D eigenvalue weighted by atomic mass is 9.97. The van der Waals surface area contributed by atoms with Crippen LogP contribution in [0.25, 0.3) is 0 Å². The summed E-state index contributed by atoms with van der Waals surface area (Å²) in [6, 6.07) is 27.1. The van der Waals surface area contributed by atoms with Crippen LogP contribution < -0.4 is 4.90 Å². The number of anilines is 2. The van der Waals surface area contributed by atoms with Gasteiger partial charge in [0.25, 0.3) is 0 Å². The van der Waals surface area contributed by atoms with Crippen molar-refractivity contribution in [3.63, 3.8) is 0 Å². The summed E-state index contributed by atoms with van der Waals surface area (Å²) in [6.07, 6.45) is 0. The third kappa shape index (κ3) is 3.88. The molecule has 0 aliphatic rings. The van der Waals surface area contributed by atoms with Gasteiger partial charge in [-0.25, -0.2) is 9.59 Å².